The Kier molecular flexibility index (Phi) is 3.25. The van der Waals surface area contributed by atoms with Crippen molar-refractivity contribution in [2.45, 2.75) is 26.4 Å². The largest absolute Gasteiger partial charge is 0.395 e. The molecule has 0 aliphatic rings. The molecule has 0 aliphatic heterocycles. The third-order valence-electron chi connectivity index (χ3n) is 1.58. The lowest BCUT2D eigenvalue weighted by Gasteiger charge is -2.07. The summed E-state index contributed by atoms with van der Waals surface area (Å²) in [6, 6.07) is 1.97. The van der Waals surface area contributed by atoms with E-state index < -0.39 is 0 Å². The van der Waals surface area contributed by atoms with E-state index in [9.17, 15) is 0 Å². The van der Waals surface area contributed by atoms with Crippen molar-refractivity contribution >= 4 is 0 Å². The van der Waals surface area contributed by atoms with Crippen LogP contribution >= 0.6 is 0 Å². The summed E-state index contributed by atoms with van der Waals surface area (Å²) >= 11 is 0. The Morgan fingerprint density at radius 3 is 3.00 bits per heavy atom. The second-order valence-corrected chi connectivity index (χ2v) is 2.89. The number of hydrogen-bond donors (Lipinski definition) is 2. The predicted molar refractivity (Wildman–Crippen MR) is 44.6 cm³/mol. The van der Waals surface area contributed by atoms with Gasteiger partial charge in [-0.1, -0.05) is 5.16 Å². The van der Waals surface area contributed by atoms with Gasteiger partial charge < -0.3 is 14.9 Å². The van der Waals surface area contributed by atoms with Crippen molar-refractivity contribution in [3.05, 3.63) is 17.5 Å². The number of nitrogens with zero attached hydrogens (tertiary/aromatic N) is 1. The summed E-state index contributed by atoms with van der Waals surface area (Å²) in [5, 5.41) is 15.6. The van der Waals surface area contributed by atoms with Crippen molar-refractivity contribution in [2.24, 2.45) is 0 Å². The molecule has 1 atom stereocenters. The van der Waals surface area contributed by atoms with Gasteiger partial charge in [-0.2, -0.15) is 0 Å². The summed E-state index contributed by atoms with van der Waals surface area (Å²) in [5.41, 5.74) is 0.868. The third-order valence-corrected chi connectivity index (χ3v) is 1.58. The van der Waals surface area contributed by atoms with Gasteiger partial charge in [0.15, 0.2) is 0 Å². The Balaban J connectivity index is 2.33. The summed E-state index contributed by atoms with van der Waals surface area (Å²) in [7, 11) is 0. The Labute approximate surface area is 71.6 Å². The van der Waals surface area contributed by atoms with Crippen LogP contribution in [-0.2, 0) is 6.54 Å². The molecule has 1 aromatic heterocycles. The van der Waals surface area contributed by atoms with Crippen molar-refractivity contribution < 1.29 is 9.63 Å². The smallest absolute Gasteiger partial charge is 0.133 e. The van der Waals surface area contributed by atoms with Crippen molar-refractivity contribution in [2.75, 3.05) is 6.61 Å². The monoisotopic (exact) mass is 170 g/mol. The number of hydrogen-bond acceptors (Lipinski definition) is 4. The molecule has 68 valence electrons. The molecule has 1 aromatic rings. The first-order chi connectivity index (χ1) is 5.72. The number of aliphatic hydroxyl groups excluding tert-OH is 1. The minimum Gasteiger partial charge on any atom is -0.395 e. The molecule has 0 bridgehead atoms. The number of aromatic nitrogens is 1. The predicted octanol–water partition coefficient (Wildman–Crippen LogP) is 0.453. The van der Waals surface area contributed by atoms with E-state index in [1.165, 1.54) is 0 Å². The quantitative estimate of drug-likeness (QED) is 0.689. The van der Waals surface area contributed by atoms with Crippen LogP contribution in [0.4, 0.5) is 0 Å². The van der Waals surface area contributed by atoms with Crippen molar-refractivity contribution in [1.82, 2.24) is 10.5 Å². The van der Waals surface area contributed by atoms with Gasteiger partial charge in [0.25, 0.3) is 0 Å². The molecule has 0 saturated heterocycles. The molecule has 0 radical (unpaired) electrons. The van der Waals surface area contributed by atoms with Crippen LogP contribution in [0.1, 0.15) is 18.4 Å². The maximum atomic E-state index is 8.71. The molecule has 2 N–H and O–H groups in total. The molecular weight excluding hydrogens is 156 g/mol. The third kappa shape index (κ3) is 2.64. The van der Waals surface area contributed by atoms with E-state index in [-0.39, 0.29) is 12.6 Å². The standard InChI is InChI=1S/C8H14N2O2/c1-6(5-11)9-4-8-3-7(2)12-10-8/h3,6,9,11H,4-5H2,1-2H3. The summed E-state index contributed by atoms with van der Waals surface area (Å²) < 4.78 is 4.88. The number of aliphatic hydroxyl groups is 1. The number of nitrogens with one attached hydrogen (secondary N) is 1. The lowest BCUT2D eigenvalue weighted by molar-refractivity contribution is 0.250. The van der Waals surface area contributed by atoms with Gasteiger partial charge in [0.2, 0.25) is 0 Å². The van der Waals surface area contributed by atoms with Crippen LogP contribution in [0.25, 0.3) is 0 Å². The molecule has 4 heteroatoms. The molecule has 0 aliphatic carbocycles. The summed E-state index contributed by atoms with van der Waals surface area (Å²) in [5.74, 6) is 0.809. The highest BCUT2D eigenvalue weighted by atomic mass is 16.5. The van der Waals surface area contributed by atoms with Crippen molar-refractivity contribution in [1.29, 1.82) is 0 Å². The van der Waals surface area contributed by atoms with E-state index in [0.717, 1.165) is 11.5 Å². The zero-order chi connectivity index (χ0) is 8.97. The molecular formula is C8H14N2O2. The summed E-state index contributed by atoms with van der Waals surface area (Å²) in [4.78, 5) is 0. The van der Waals surface area contributed by atoms with E-state index >= 15 is 0 Å². The van der Waals surface area contributed by atoms with E-state index in [4.69, 9.17) is 9.63 Å². The summed E-state index contributed by atoms with van der Waals surface area (Å²) in [6.07, 6.45) is 0. The first-order valence-corrected chi connectivity index (χ1v) is 3.99. The Bertz CT molecular complexity index is 235. The molecule has 1 rings (SSSR count). The van der Waals surface area contributed by atoms with Gasteiger partial charge >= 0.3 is 0 Å². The molecule has 4 nitrogen and oxygen atoms in total. The SMILES string of the molecule is Cc1cc(CNC(C)CO)no1. The first kappa shape index (κ1) is 9.22. The van der Waals surface area contributed by atoms with E-state index in [0.29, 0.717) is 6.54 Å². The van der Waals surface area contributed by atoms with Gasteiger partial charge in [0.1, 0.15) is 5.76 Å². The van der Waals surface area contributed by atoms with Crippen LogP contribution in [0.3, 0.4) is 0 Å². The average molecular weight is 170 g/mol. The topological polar surface area (TPSA) is 58.3 Å². The fourth-order valence-electron chi connectivity index (χ4n) is 0.845. The maximum absolute atomic E-state index is 8.71. The zero-order valence-electron chi connectivity index (χ0n) is 7.37. The lowest BCUT2D eigenvalue weighted by Crippen LogP contribution is -2.28. The van der Waals surface area contributed by atoms with E-state index in [1.54, 1.807) is 0 Å². The zero-order valence-corrected chi connectivity index (χ0v) is 7.37. The van der Waals surface area contributed by atoms with E-state index in [2.05, 4.69) is 10.5 Å². The fraction of sp³-hybridized carbons (Fsp3) is 0.625. The van der Waals surface area contributed by atoms with Crippen LogP contribution in [0, 0.1) is 6.92 Å². The fourth-order valence-corrected chi connectivity index (χ4v) is 0.845. The Morgan fingerprint density at radius 2 is 2.50 bits per heavy atom. The molecule has 1 heterocycles. The average Bonchev–Trinajstić information content (AvgIpc) is 2.47. The minimum absolute atomic E-state index is 0.0991. The molecule has 0 saturated carbocycles. The second-order valence-electron chi connectivity index (χ2n) is 2.89. The van der Waals surface area contributed by atoms with Crippen LogP contribution in [-0.4, -0.2) is 22.9 Å². The van der Waals surface area contributed by atoms with Crippen molar-refractivity contribution in [3.63, 3.8) is 0 Å². The minimum atomic E-state index is 0.0991. The van der Waals surface area contributed by atoms with Gasteiger partial charge in [-0.15, -0.1) is 0 Å². The normalized spacial score (nSPS) is 13.2. The highest BCUT2D eigenvalue weighted by Gasteiger charge is 2.02. The molecule has 12 heavy (non-hydrogen) atoms. The number of rotatable bonds is 4. The molecule has 0 amide bonds. The van der Waals surface area contributed by atoms with Gasteiger partial charge in [0.05, 0.1) is 12.3 Å². The molecule has 1 unspecified atom stereocenters. The first-order valence-electron chi connectivity index (χ1n) is 3.99. The second kappa shape index (κ2) is 4.23. The lowest BCUT2D eigenvalue weighted by atomic mass is 10.3. The summed E-state index contributed by atoms with van der Waals surface area (Å²) in [6.45, 7) is 4.54. The van der Waals surface area contributed by atoms with Gasteiger partial charge in [0, 0.05) is 18.7 Å². The molecule has 0 fully saturated rings. The van der Waals surface area contributed by atoms with Crippen LogP contribution in [0.5, 0.6) is 0 Å². The Hall–Kier alpha value is -0.870. The number of aryl methyl sites for hydroxylation is 1. The van der Waals surface area contributed by atoms with Crippen LogP contribution in [0.15, 0.2) is 10.6 Å². The highest BCUT2D eigenvalue weighted by Crippen LogP contribution is 2.00. The Morgan fingerprint density at radius 1 is 1.75 bits per heavy atom. The molecule has 0 spiro atoms. The van der Waals surface area contributed by atoms with Crippen LogP contribution < -0.4 is 5.32 Å². The van der Waals surface area contributed by atoms with Gasteiger partial charge in [-0.25, -0.2) is 0 Å². The maximum Gasteiger partial charge on any atom is 0.133 e. The molecule has 0 aromatic carbocycles. The highest BCUT2D eigenvalue weighted by molar-refractivity contribution is 5.02. The van der Waals surface area contributed by atoms with Crippen LogP contribution in [0.2, 0.25) is 0 Å². The van der Waals surface area contributed by atoms with Crippen molar-refractivity contribution in [3.8, 4) is 0 Å². The van der Waals surface area contributed by atoms with E-state index in [1.807, 2.05) is 19.9 Å². The van der Waals surface area contributed by atoms with Gasteiger partial charge in [-0.05, 0) is 13.8 Å². The van der Waals surface area contributed by atoms with Gasteiger partial charge in [-0.3, -0.25) is 0 Å².